The van der Waals surface area contributed by atoms with Crippen LogP contribution >= 0.6 is 12.4 Å². The number of nitrogens with one attached hydrogen (secondary N) is 2. The molecule has 0 aromatic heterocycles. The Morgan fingerprint density at radius 3 is 2.30 bits per heavy atom. The summed E-state index contributed by atoms with van der Waals surface area (Å²) in [6, 6.07) is 0.600. The summed E-state index contributed by atoms with van der Waals surface area (Å²) in [5, 5.41) is 6.56. The van der Waals surface area contributed by atoms with Crippen LogP contribution in [-0.2, 0) is 9.59 Å². The Hall–Kier alpha value is -0.810. The van der Waals surface area contributed by atoms with E-state index < -0.39 is 0 Å². The number of halogens is 1. The van der Waals surface area contributed by atoms with Gasteiger partial charge in [-0.1, -0.05) is 0 Å². The largest absolute Gasteiger partial charge is 0.356 e. The maximum absolute atomic E-state index is 12.2. The van der Waals surface area contributed by atoms with Crippen LogP contribution < -0.4 is 10.6 Å². The molecule has 0 aromatic carbocycles. The highest BCUT2D eigenvalue weighted by molar-refractivity contribution is 5.85. The van der Waals surface area contributed by atoms with Gasteiger partial charge in [-0.15, -0.1) is 12.4 Å². The van der Waals surface area contributed by atoms with E-state index >= 15 is 0 Å². The molecule has 0 spiro atoms. The van der Waals surface area contributed by atoms with Gasteiger partial charge in [0.2, 0.25) is 11.8 Å². The van der Waals surface area contributed by atoms with Crippen LogP contribution in [0.15, 0.2) is 0 Å². The number of carbonyl (C=O) groups is 2. The van der Waals surface area contributed by atoms with Crippen molar-refractivity contribution in [2.24, 2.45) is 11.8 Å². The molecule has 2 aliphatic carbocycles. The molecular weight excluding hydrogens is 314 g/mol. The highest BCUT2D eigenvalue weighted by Crippen LogP contribution is 2.29. The van der Waals surface area contributed by atoms with Crippen LogP contribution in [0.1, 0.15) is 51.4 Å². The first-order valence-electron chi connectivity index (χ1n) is 9.01. The third-order valence-corrected chi connectivity index (χ3v) is 5.05. The van der Waals surface area contributed by atoms with Gasteiger partial charge in [-0.05, 0) is 57.4 Å². The predicted octanol–water partition coefficient (Wildman–Crippen LogP) is 1.71. The topological polar surface area (TPSA) is 61.4 Å². The van der Waals surface area contributed by atoms with Crippen LogP contribution in [-0.4, -0.2) is 48.9 Å². The van der Waals surface area contributed by atoms with E-state index in [0.717, 1.165) is 51.1 Å². The van der Waals surface area contributed by atoms with Gasteiger partial charge in [0.15, 0.2) is 0 Å². The lowest BCUT2D eigenvalue weighted by atomic mass is 10.0. The van der Waals surface area contributed by atoms with Crippen molar-refractivity contribution >= 4 is 24.2 Å². The molecule has 132 valence electrons. The SMILES string of the molecule is Cl.O=C(NCCCC(=O)N1CCC(NCC2CC2)CC1)C1CC1. The number of piperidine rings is 1. The quantitative estimate of drug-likeness (QED) is 0.659. The van der Waals surface area contributed by atoms with Crippen molar-refractivity contribution in [1.82, 2.24) is 15.5 Å². The first kappa shape index (κ1) is 18.5. The Balaban J connectivity index is 0.00000192. The zero-order valence-electron chi connectivity index (χ0n) is 13.9. The first-order valence-corrected chi connectivity index (χ1v) is 9.01. The summed E-state index contributed by atoms with van der Waals surface area (Å²) in [7, 11) is 0. The van der Waals surface area contributed by atoms with Crippen molar-refractivity contribution in [3.63, 3.8) is 0 Å². The lowest BCUT2D eigenvalue weighted by Crippen LogP contribution is -2.45. The minimum absolute atomic E-state index is 0. The summed E-state index contributed by atoms with van der Waals surface area (Å²) < 4.78 is 0. The van der Waals surface area contributed by atoms with Crippen LogP contribution in [0.3, 0.4) is 0 Å². The van der Waals surface area contributed by atoms with E-state index in [9.17, 15) is 9.59 Å². The van der Waals surface area contributed by atoms with Crippen molar-refractivity contribution in [2.45, 2.75) is 57.4 Å². The number of amides is 2. The van der Waals surface area contributed by atoms with Gasteiger partial charge in [0.05, 0.1) is 0 Å². The van der Waals surface area contributed by atoms with Gasteiger partial charge in [-0.25, -0.2) is 0 Å². The molecule has 3 aliphatic rings. The lowest BCUT2D eigenvalue weighted by molar-refractivity contribution is -0.132. The summed E-state index contributed by atoms with van der Waals surface area (Å²) in [6.07, 6.45) is 8.34. The van der Waals surface area contributed by atoms with Gasteiger partial charge in [0.25, 0.3) is 0 Å². The molecule has 0 unspecified atom stereocenters. The predicted molar refractivity (Wildman–Crippen MR) is 92.5 cm³/mol. The van der Waals surface area contributed by atoms with Crippen molar-refractivity contribution in [2.75, 3.05) is 26.2 Å². The summed E-state index contributed by atoms with van der Waals surface area (Å²) in [4.78, 5) is 25.7. The zero-order valence-corrected chi connectivity index (χ0v) is 14.7. The summed E-state index contributed by atoms with van der Waals surface area (Å²) in [5.41, 5.74) is 0. The molecule has 0 bridgehead atoms. The monoisotopic (exact) mass is 343 g/mol. The molecule has 23 heavy (non-hydrogen) atoms. The molecule has 3 fully saturated rings. The highest BCUT2D eigenvalue weighted by atomic mass is 35.5. The van der Waals surface area contributed by atoms with Crippen LogP contribution in [0.4, 0.5) is 0 Å². The molecule has 3 rings (SSSR count). The maximum Gasteiger partial charge on any atom is 0.223 e. The Morgan fingerprint density at radius 2 is 1.70 bits per heavy atom. The first-order chi connectivity index (χ1) is 10.7. The Bertz CT molecular complexity index is 403. The molecule has 1 heterocycles. The molecule has 1 saturated heterocycles. The maximum atomic E-state index is 12.2. The summed E-state index contributed by atoms with van der Waals surface area (Å²) in [6.45, 7) is 3.57. The fourth-order valence-corrected chi connectivity index (χ4v) is 3.09. The second-order valence-electron chi connectivity index (χ2n) is 7.18. The fourth-order valence-electron chi connectivity index (χ4n) is 3.09. The number of rotatable bonds is 8. The molecule has 0 aromatic rings. The molecule has 2 amide bonds. The van der Waals surface area contributed by atoms with E-state index in [4.69, 9.17) is 0 Å². The lowest BCUT2D eigenvalue weighted by Gasteiger charge is -2.32. The zero-order chi connectivity index (χ0) is 15.4. The third kappa shape index (κ3) is 6.30. The van der Waals surface area contributed by atoms with E-state index in [1.54, 1.807) is 0 Å². The van der Waals surface area contributed by atoms with Crippen LogP contribution in [0.2, 0.25) is 0 Å². The van der Waals surface area contributed by atoms with E-state index in [-0.39, 0.29) is 30.1 Å². The second kappa shape index (κ2) is 8.88. The number of hydrogen-bond donors (Lipinski definition) is 2. The number of carbonyl (C=O) groups excluding carboxylic acids is 2. The molecule has 0 radical (unpaired) electrons. The standard InChI is InChI=1S/C17H29N3O2.ClH/c21-16(2-1-9-18-17(22)14-5-6-14)20-10-7-15(8-11-20)19-12-13-3-4-13;/h13-15,19H,1-12H2,(H,18,22);1H. The van der Waals surface area contributed by atoms with Gasteiger partial charge in [-0.3, -0.25) is 9.59 Å². The molecule has 0 atom stereocenters. The van der Waals surface area contributed by atoms with Gasteiger partial charge in [0, 0.05) is 38.0 Å². The Kier molecular flexibility index (Phi) is 7.15. The van der Waals surface area contributed by atoms with Crippen LogP contribution in [0, 0.1) is 11.8 Å². The van der Waals surface area contributed by atoms with Crippen LogP contribution in [0.25, 0.3) is 0 Å². The smallest absolute Gasteiger partial charge is 0.223 e. The number of likely N-dealkylation sites (tertiary alicyclic amines) is 1. The van der Waals surface area contributed by atoms with Crippen molar-refractivity contribution in [1.29, 1.82) is 0 Å². The van der Waals surface area contributed by atoms with Crippen molar-refractivity contribution < 1.29 is 9.59 Å². The average Bonchev–Trinajstić information content (AvgIpc) is 3.41. The van der Waals surface area contributed by atoms with Gasteiger partial charge < -0.3 is 15.5 Å². The van der Waals surface area contributed by atoms with E-state index in [0.29, 0.717) is 19.0 Å². The minimum atomic E-state index is 0. The van der Waals surface area contributed by atoms with Crippen LogP contribution in [0.5, 0.6) is 0 Å². The fraction of sp³-hybridized carbons (Fsp3) is 0.882. The number of hydrogen-bond acceptors (Lipinski definition) is 3. The Labute approximate surface area is 145 Å². The van der Waals surface area contributed by atoms with E-state index in [1.807, 2.05) is 4.90 Å². The summed E-state index contributed by atoms with van der Waals surface area (Å²) in [5.74, 6) is 1.61. The Morgan fingerprint density at radius 1 is 1.00 bits per heavy atom. The molecular formula is C17H30ClN3O2. The second-order valence-corrected chi connectivity index (χ2v) is 7.18. The molecule has 6 heteroatoms. The molecule has 2 N–H and O–H groups in total. The third-order valence-electron chi connectivity index (χ3n) is 5.05. The average molecular weight is 344 g/mol. The summed E-state index contributed by atoms with van der Waals surface area (Å²) >= 11 is 0. The highest BCUT2D eigenvalue weighted by Gasteiger charge is 2.29. The van der Waals surface area contributed by atoms with Crippen molar-refractivity contribution in [3.8, 4) is 0 Å². The van der Waals surface area contributed by atoms with Crippen molar-refractivity contribution in [3.05, 3.63) is 0 Å². The normalized spacial score (nSPS) is 21.7. The van der Waals surface area contributed by atoms with Gasteiger partial charge in [0.1, 0.15) is 0 Å². The van der Waals surface area contributed by atoms with E-state index in [2.05, 4.69) is 10.6 Å². The van der Waals surface area contributed by atoms with E-state index in [1.165, 1.54) is 19.4 Å². The minimum Gasteiger partial charge on any atom is -0.356 e. The molecule has 2 saturated carbocycles. The molecule has 5 nitrogen and oxygen atoms in total. The molecule has 1 aliphatic heterocycles. The van der Waals surface area contributed by atoms with Gasteiger partial charge in [-0.2, -0.15) is 0 Å². The van der Waals surface area contributed by atoms with Gasteiger partial charge >= 0.3 is 0 Å². The number of nitrogens with zero attached hydrogens (tertiary/aromatic N) is 1.